The molecule has 7 nitrogen and oxygen atoms in total. The minimum atomic E-state index is -3.52. The van der Waals surface area contributed by atoms with Crippen LogP contribution in [0.3, 0.4) is 0 Å². The van der Waals surface area contributed by atoms with Crippen LogP contribution in [0.15, 0.2) is 46.7 Å². The molecule has 0 saturated carbocycles. The third kappa shape index (κ3) is 4.40. The standard InChI is InChI=1S/C15H16N2O5S2/c1-17(2)24(20,21)12-7-5-11(6-8-12)16-14(18)10-22-15(19)13-4-3-9-23-13/h3-9H,10H2,1-2H3,(H,16,18). The molecule has 0 saturated heterocycles. The number of hydrogen-bond acceptors (Lipinski definition) is 6. The molecule has 0 fully saturated rings. The van der Waals surface area contributed by atoms with Gasteiger partial charge in [0.05, 0.1) is 4.90 Å². The third-order valence-corrected chi connectivity index (χ3v) is 5.65. The van der Waals surface area contributed by atoms with Gasteiger partial charge < -0.3 is 10.1 Å². The maximum atomic E-state index is 11.9. The Morgan fingerprint density at radius 1 is 1.17 bits per heavy atom. The highest BCUT2D eigenvalue weighted by Gasteiger charge is 2.17. The van der Waals surface area contributed by atoms with E-state index in [1.54, 1.807) is 17.5 Å². The molecule has 1 aromatic heterocycles. The molecule has 2 aromatic rings. The number of sulfonamides is 1. The van der Waals surface area contributed by atoms with Crippen LogP contribution in [0.1, 0.15) is 9.67 Å². The van der Waals surface area contributed by atoms with E-state index in [0.29, 0.717) is 10.6 Å². The average molecular weight is 368 g/mol. The summed E-state index contributed by atoms with van der Waals surface area (Å²) in [6, 6.07) is 9.04. The van der Waals surface area contributed by atoms with Gasteiger partial charge >= 0.3 is 5.97 Å². The van der Waals surface area contributed by atoms with Crippen LogP contribution in [0.25, 0.3) is 0 Å². The van der Waals surface area contributed by atoms with Crippen molar-refractivity contribution in [2.45, 2.75) is 4.90 Å². The van der Waals surface area contributed by atoms with Gasteiger partial charge in [-0.3, -0.25) is 4.79 Å². The Labute approximate surface area is 143 Å². The van der Waals surface area contributed by atoms with E-state index in [4.69, 9.17) is 4.74 Å². The van der Waals surface area contributed by atoms with Gasteiger partial charge in [-0.25, -0.2) is 17.5 Å². The molecule has 0 bridgehead atoms. The van der Waals surface area contributed by atoms with Crippen LogP contribution in [0.4, 0.5) is 5.69 Å². The highest BCUT2D eigenvalue weighted by Crippen LogP contribution is 2.16. The molecule has 24 heavy (non-hydrogen) atoms. The Hall–Kier alpha value is -2.23. The summed E-state index contributed by atoms with van der Waals surface area (Å²) in [4.78, 5) is 23.9. The molecule has 128 valence electrons. The molecule has 0 spiro atoms. The normalized spacial score (nSPS) is 11.3. The van der Waals surface area contributed by atoms with E-state index in [-0.39, 0.29) is 4.90 Å². The van der Waals surface area contributed by atoms with Crippen LogP contribution in [0.2, 0.25) is 0 Å². The average Bonchev–Trinajstić information content (AvgIpc) is 3.07. The number of benzene rings is 1. The first-order chi connectivity index (χ1) is 11.3. The zero-order valence-electron chi connectivity index (χ0n) is 13.1. The van der Waals surface area contributed by atoms with Gasteiger partial charge in [0.2, 0.25) is 10.0 Å². The number of ether oxygens (including phenoxy) is 1. The first-order valence-electron chi connectivity index (χ1n) is 6.84. The lowest BCUT2D eigenvalue weighted by atomic mass is 10.3. The Balaban J connectivity index is 1.92. The highest BCUT2D eigenvalue weighted by atomic mass is 32.2. The van der Waals surface area contributed by atoms with Crippen molar-refractivity contribution in [2.24, 2.45) is 0 Å². The fraction of sp³-hybridized carbons (Fsp3) is 0.200. The molecule has 0 unspecified atom stereocenters. The number of carbonyl (C=O) groups excluding carboxylic acids is 2. The lowest BCUT2D eigenvalue weighted by Crippen LogP contribution is -2.22. The largest absolute Gasteiger partial charge is 0.451 e. The van der Waals surface area contributed by atoms with E-state index in [2.05, 4.69) is 5.32 Å². The van der Waals surface area contributed by atoms with Gasteiger partial charge in [0.15, 0.2) is 6.61 Å². The second kappa shape index (κ2) is 7.56. The van der Waals surface area contributed by atoms with E-state index in [0.717, 1.165) is 4.31 Å². The molecule has 0 aliphatic rings. The molecule has 0 aliphatic heterocycles. The quantitative estimate of drug-likeness (QED) is 0.785. The number of esters is 1. The molecule has 1 N–H and O–H groups in total. The molecule has 1 heterocycles. The topological polar surface area (TPSA) is 92.8 Å². The number of nitrogens with one attached hydrogen (secondary N) is 1. The Morgan fingerprint density at radius 3 is 2.38 bits per heavy atom. The van der Waals surface area contributed by atoms with Crippen LogP contribution < -0.4 is 5.32 Å². The lowest BCUT2D eigenvalue weighted by molar-refractivity contribution is -0.119. The highest BCUT2D eigenvalue weighted by molar-refractivity contribution is 7.89. The van der Waals surface area contributed by atoms with Crippen molar-refractivity contribution in [3.63, 3.8) is 0 Å². The molecule has 1 aromatic carbocycles. The summed E-state index contributed by atoms with van der Waals surface area (Å²) < 4.78 is 29.9. The first kappa shape index (κ1) is 18.1. The van der Waals surface area contributed by atoms with Gasteiger partial charge in [0, 0.05) is 19.8 Å². The molecule has 0 atom stereocenters. The number of carbonyl (C=O) groups is 2. The van der Waals surface area contributed by atoms with Crippen molar-refractivity contribution in [3.05, 3.63) is 46.7 Å². The van der Waals surface area contributed by atoms with Gasteiger partial charge in [-0.15, -0.1) is 11.3 Å². The summed E-state index contributed by atoms with van der Waals surface area (Å²) in [5, 5.41) is 4.27. The number of thiophene rings is 1. The number of nitrogens with zero attached hydrogens (tertiary/aromatic N) is 1. The van der Waals surface area contributed by atoms with Crippen LogP contribution in [0.5, 0.6) is 0 Å². The van der Waals surface area contributed by atoms with Crippen molar-refractivity contribution in [1.29, 1.82) is 0 Å². The van der Waals surface area contributed by atoms with E-state index >= 15 is 0 Å². The van der Waals surface area contributed by atoms with Crippen LogP contribution in [-0.2, 0) is 19.6 Å². The lowest BCUT2D eigenvalue weighted by Gasteiger charge is -2.12. The second-order valence-corrected chi connectivity index (χ2v) is 8.01. The van der Waals surface area contributed by atoms with E-state index in [9.17, 15) is 18.0 Å². The van der Waals surface area contributed by atoms with Crippen LogP contribution in [0, 0.1) is 0 Å². The van der Waals surface area contributed by atoms with E-state index in [1.165, 1.54) is 49.7 Å². The minimum absolute atomic E-state index is 0.120. The van der Waals surface area contributed by atoms with E-state index < -0.39 is 28.5 Å². The van der Waals surface area contributed by atoms with Gasteiger partial charge in [-0.05, 0) is 35.7 Å². The van der Waals surface area contributed by atoms with Crippen LogP contribution >= 0.6 is 11.3 Å². The van der Waals surface area contributed by atoms with Gasteiger partial charge in [0.1, 0.15) is 4.88 Å². The van der Waals surface area contributed by atoms with Crippen molar-refractivity contribution >= 4 is 38.9 Å². The minimum Gasteiger partial charge on any atom is -0.451 e. The van der Waals surface area contributed by atoms with E-state index in [1.807, 2.05) is 0 Å². The van der Waals surface area contributed by atoms with Gasteiger partial charge in [0.25, 0.3) is 5.91 Å². The predicted molar refractivity (Wildman–Crippen MR) is 90.5 cm³/mol. The Bertz CT molecular complexity index is 812. The summed E-state index contributed by atoms with van der Waals surface area (Å²) in [6.07, 6.45) is 0. The predicted octanol–water partition coefficient (Wildman–Crippen LogP) is 1.79. The van der Waals surface area contributed by atoms with Gasteiger partial charge in [-0.2, -0.15) is 0 Å². The maximum Gasteiger partial charge on any atom is 0.348 e. The molecular formula is C15H16N2O5S2. The van der Waals surface area contributed by atoms with Crippen molar-refractivity contribution in [3.8, 4) is 0 Å². The molecule has 0 radical (unpaired) electrons. The molecular weight excluding hydrogens is 352 g/mol. The summed E-state index contributed by atoms with van der Waals surface area (Å²) in [6.45, 7) is -0.422. The molecule has 1 amide bonds. The summed E-state index contributed by atoms with van der Waals surface area (Å²) >= 11 is 1.23. The fourth-order valence-corrected chi connectivity index (χ4v) is 3.23. The van der Waals surface area contributed by atoms with Crippen molar-refractivity contribution < 1.29 is 22.7 Å². The van der Waals surface area contributed by atoms with Gasteiger partial charge in [-0.1, -0.05) is 6.07 Å². The maximum absolute atomic E-state index is 11.9. The summed E-state index contributed by atoms with van der Waals surface area (Å²) in [5.74, 6) is -1.07. The summed E-state index contributed by atoms with van der Waals surface area (Å²) in [5.41, 5.74) is 0.407. The molecule has 0 aliphatic carbocycles. The fourth-order valence-electron chi connectivity index (χ4n) is 1.72. The SMILES string of the molecule is CN(C)S(=O)(=O)c1ccc(NC(=O)COC(=O)c2cccs2)cc1. The van der Waals surface area contributed by atoms with Crippen molar-refractivity contribution in [1.82, 2.24) is 4.31 Å². The Kier molecular flexibility index (Phi) is 5.71. The smallest absolute Gasteiger partial charge is 0.348 e. The number of amides is 1. The van der Waals surface area contributed by atoms with Crippen molar-refractivity contribution in [2.75, 3.05) is 26.0 Å². The summed E-state index contributed by atoms with van der Waals surface area (Å²) in [7, 11) is -0.641. The molecule has 9 heteroatoms. The second-order valence-electron chi connectivity index (χ2n) is 4.91. The third-order valence-electron chi connectivity index (χ3n) is 2.97. The number of hydrogen-bond donors (Lipinski definition) is 1. The monoisotopic (exact) mass is 368 g/mol. The van der Waals surface area contributed by atoms with Crippen LogP contribution in [-0.4, -0.2) is 45.3 Å². The molecule has 2 rings (SSSR count). The Morgan fingerprint density at radius 2 is 1.83 bits per heavy atom. The zero-order valence-corrected chi connectivity index (χ0v) is 14.7. The number of anilines is 1. The zero-order chi connectivity index (χ0) is 17.7. The first-order valence-corrected chi connectivity index (χ1v) is 9.16. The number of rotatable bonds is 6.